The van der Waals surface area contributed by atoms with Gasteiger partial charge in [-0.15, -0.1) is 0 Å². The molecule has 0 bridgehead atoms. The van der Waals surface area contributed by atoms with Gasteiger partial charge in [0.05, 0.1) is 23.4 Å². The van der Waals surface area contributed by atoms with Gasteiger partial charge in [-0.25, -0.2) is 4.98 Å². The van der Waals surface area contributed by atoms with Crippen molar-refractivity contribution in [1.82, 2.24) is 15.2 Å². The summed E-state index contributed by atoms with van der Waals surface area (Å²) in [6.45, 7) is 5.74. The molecule has 0 aliphatic carbocycles. The molecule has 2 aliphatic heterocycles. The summed E-state index contributed by atoms with van der Waals surface area (Å²) >= 11 is 1.54. The van der Waals surface area contributed by atoms with Gasteiger partial charge in [-0.05, 0) is 35.9 Å². The van der Waals surface area contributed by atoms with Crippen LogP contribution >= 0.6 is 11.3 Å². The van der Waals surface area contributed by atoms with Crippen molar-refractivity contribution >= 4 is 32.6 Å². The molecule has 2 N–H and O–H groups in total. The fraction of sp³-hybridized carbons (Fsp3) is 0.364. The number of nitrogens with zero attached hydrogens (tertiary/aromatic N) is 2. The van der Waals surface area contributed by atoms with Crippen LogP contribution in [-0.4, -0.2) is 62.0 Å². The summed E-state index contributed by atoms with van der Waals surface area (Å²) in [4.78, 5) is 19.5. The van der Waals surface area contributed by atoms with Crippen molar-refractivity contribution in [3.05, 3.63) is 47.5 Å². The highest BCUT2D eigenvalue weighted by Gasteiger charge is 2.14. The predicted molar refractivity (Wildman–Crippen MR) is 119 cm³/mol. The lowest BCUT2D eigenvalue weighted by Crippen LogP contribution is -2.41. The molecule has 8 nitrogen and oxygen atoms in total. The third-order valence-corrected chi connectivity index (χ3v) is 6.32. The zero-order valence-corrected chi connectivity index (χ0v) is 17.9. The van der Waals surface area contributed by atoms with Crippen molar-refractivity contribution in [2.24, 2.45) is 0 Å². The highest BCUT2D eigenvalue weighted by molar-refractivity contribution is 7.22. The largest absolute Gasteiger partial charge is 0.454 e. The second-order valence-corrected chi connectivity index (χ2v) is 8.48. The van der Waals surface area contributed by atoms with Crippen molar-refractivity contribution in [3.8, 4) is 11.5 Å². The molecule has 5 rings (SSSR count). The SMILES string of the molecule is O=C(NCCN1CCOCC1)c1ccc2nc(NCc3ccc4c(c3)OCO4)sc2c1. The number of hydrogen-bond acceptors (Lipinski definition) is 8. The van der Waals surface area contributed by atoms with Crippen LogP contribution in [0.25, 0.3) is 10.2 Å². The Bertz CT molecular complexity index is 1080. The first-order chi connectivity index (χ1) is 15.2. The summed E-state index contributed by atoms with van der Waals surface area (Å²) in [5.41, 5.74) is 2.62. The third-order valence-electron chi connectivity index (χ3n) is 5.35. The maximum Gasteiger partial charge on any atom is 0.251 e. The number of ether oxygens (including phenoxy) is 3. The Kier molecular flexibility index (Phi) is 5.88. The van der Waals surface area contributed by atoms with Crippen molar-refractivity contribution in [3.63, 3.8) is 0 Å². The van der Waals surface area contributed by atoms with Gasteiger partial charge in [0, 0.05) is 38.3 Å². The molecule has 3 heterocycles. The zero-order valence-electron chi connectivity index (χ0n) is 17.1. The van der Waals surface area contributed by atoms with Gasteiger partial charge in [0.25, 0.3) is 5.91 Å². The summed E-state index contributed by atoms with van der Waals surface area (Å²) in [6.07, 6.45) is 0. The fourth-order valence-electron chi connectivity index (χ4n) is 3.62. The number of carbonyl (C=O) groups is 1. The molecule has 0 unspecified atom stereocenters. The van der Waals surface area contributed by atoms with E-state index in [9.17, 15) is 4.79 Å². The maximum absolute atomic E-state index is 12.5. The number of aromatic nitrogens is 1. The number of benzene rings is 2. The van der Waals surface area contributed by atoms with E-state index < -0.39 is 0 Å². The summed E-state index contributed by atoms with van der Waals surface area (Å²) in [7, 11) is 0. The molecule has 2 aliphatic rings. The van der Waals surface area contributed by atoms with Crippen LogP contribution in [0.1, 0.15) is 15.9 Å². The van der Waals surface area contributed by atoms with Crippen LogP contribution in [0.4, 0.5) is 5.13 Å². The van der Waals surface area contributed by atoms with E-state index in [0.29, 0.717) is 18.7 Å². The number of thiazole rings is 1. The molecular formula is C22H24N4O4S. The normalized spacial score (nSPS) is 15.9. The second-order valence-electron chi connectivity index (χ2n) is 7.45. The molecule has 1 amide bonds. The van der Waals surface area contributed by atoms with E-state index >= 15 is 0 Å². The predicted octanol–water partition coefficient (Wildman–Crippen LogP) is 2.70. The number of nitrogens with one attached hydrogen (secondary N) is 2. The Morgan fingerprint density at radius 1 is 1.10 bits per heavy atom. The molecule has 1 saturated heterocycles. The van der Waals surface area contributed by atoms with Crippen LogP contribution < -0.4 is 20.1 Å². The Hall–Kier alpha value is -2.88. The van der Waals surface area contributed by atoms with E-state index in [4.69, 9.17) is 14.2 Å². The Balaban J connectivity index is 1.18. The molecule has 9 heteroatoms. The summed E-state index contributed by atoms with van der Waals surface area (Å²) in [5.74, 6) is 1.49. The molecule has 0 saturated carbocycles. The lowest BCUT2D eigenvalue weighted by molar-refractivity contribution is 0.0383. The van der Waals surface area contributed by atoms with Gasteiger partial charge in [0.15, 0.2) is 16.6 Å². The zero-order chi connectivity index (χ0) is 21.0. The minimum Gasteiger partial charge on any atom is -0.454 e. The lowest BCUT2D eigenvalue weighted by atomic mass is 10.2. The van der Waals surface area contributed by atoms with Gasteiger partial charge >= 0.3 is 0 Å². The van der Waals surface area contributed by atoms with Crippen LogP contribution in [0, 0.1) is 0 Å². The molecule has 0 radical (unpaired) electrons. The van der Waals surface area contributed by atoms with Gasteiger partial charge in [-0.2, -0.15) is 0 Å². The fourth-order valence-corrected chi connectivity index (χ4v) is 4.53. The average molecular weight is 441 g/mol. The first kappa shape index (κ1) is 20.0. The van der Waals surface area contributed by atoms with E-state index in [0.717, 1.165) is 65.3 Å². The van der Waals surface area contributed by atoms with Gasteiger partial charge < -0.3 is 24.8 Å². The van der Waals surface area contributed by atoms with E-state index in [1.165, 1.54) is 11.3 Å². The van der Waals surface area contributed by atoms with Gasteiger partial charge in [-0.3, -0.25) is 9.69 Å². The second kappa shape index (κ2) is 9.09. The number of carbonyl (C=O) groups excluding carboxylic acids is 1. The maximum atomic E-state index is 12.5. The Morgan fingerprint density at radius 2 is 1.97 bits per heavy atom. The molecular weight excluding hydrogens is 416 g/mol. The molecule has 0 atom stereocenters. The minimum absolute atomic E-state index is 0.0570. The highest BCUT2D eigenvalue weighted by atomic mass is 32.1. The van der Waals surface area contributed by atoms with E-state index in [1.807, 2.05) is 36.4 Å². The summed E-state index contributed by atoms with van der Waals surface area (Å²) in [5, 5.41) is 7.18. The smallest absolute Gasteiger partial charge is 0.251 e. The standard InChI is InChI=1S/C22H24N4O4S/c27-21(23-5-6-26-7-9-28-10-8-26)16-2-3-17-20(12-16)31-22(25-17)24-13-15-1-4-18-19(11-15)30-14-29-18/h1-4,11-12H,5-10,13-14H2,(H,23,27)(H,24,25). The number of morpholine rings is 1. The molecule has 162 valence electrons. The minimum atomic E-state index is -0.0570. The van der Waals surface area contributed by atoms with Crippen LogP contribution in [0.5, 0.6) is 11.5 Å². The van der Waals surface area contributed by atoms with E-state index in [1.54, 1.807) is 0 Å². The van der Waals surface area contributed by atoms with Crippen molar-refractivity contribution in [2.45, 2.75) is 6.54 Å². The number of amides is 1. The molecule has 2 aromatic carbocycles. The lowest BCUT2D eigenvalue weighted by Gasteiger charge is -2.26. The van der Waals surface area contributed by atoms with Gasteiger partial charge in [0.2, 0.25) is 6.79 Å². The van der Waals surface area contributed by atoms with Gasteiger partial charge in [-0.1, -0.05) is 17.4 Å². The average Bonchev–Trinajstić information content (AvgIpc) is 3.43. The van der Waals surface area contributed by atoms with Crippen molar-refractivity contribution in [2.75, 3.05) is 51.5 Å². The van der Waals surface area contributed by atoms with Gasteiger partial charge in [0.1, 0.15) is 0 Å². The number of rotatable bonds is 7. The molecule has 1 aromatic heterocycles. The molecule has 31 heavy (non-hydrogen) atoms. The first-order valence-corrected chi connectivity index (χ1v) is 11.2. The molecule has 3 aromatic rings. The summed E-state index contributed by atoms with van der Waals surface area (Å²) in [6, 6.07) is 11.5. The first-order valence-electron chi connectivity index (χ1n) is 10.4. The van der Waals surface area contributed by atoms with Crippen LogP contribution in [0.2, 0.25) is 0 Å². The number of fused-ring (bicyclic) bond motifs is 2. The number of hydrogen-bond donors (Lipinski definition) is 2. The van der Waals surface area contributed by atoms with Crippen LogP contribution in [-0.2, 0) is 11.3 Å². The van der Waals surface area contributed by atoms with Crippen molar-refractivity contribution < 1.29 is 19.0 Å². The van der Waals surface area contributed by atoms with Crippen LogP contribution in [0.3, 0.4) is 0 Å². The quantitative estimate of drug-likeness (QED) is 0.584. The monoisotopic (exact) mass is 440 g/mol. The third kappa shape index (κ3) is 4.73. The molecule has 1 fully saturated rings. The highest BCUT2D eigenvalue weighted by Crippen LogP contribution is 2.33. The topological polar surface area (TPSA) is 85.0 Å². The van der Waals surface area contributed by atoms with E-state index in [-0.39, 0.29) is 12.7 Å². The Labute approximate surface area is 184 Å². The van der Waals surface area contributed by atoms with Crippen LogP contribution in [0.15, 0.2) is 36.4 Å². The Morgan fingerprint density at radius 3 is 2.87 bits per heavy atom. The molecule has 0 spiro atoms. The summed E-state index contributed by atoms with van der Waals surface area (Å²) < 4.78 is 17.1. The van der Waals surface area contributed by atoms with E-state index in [2.05, 4.69) is 20.5 Å². The number of anilines is 1. The van der Waals surface area contributed by atoms with Crippen molar-refractivity contribution in [1.29, 1.82) is 0 Å².